The third kappa shape index (κ3) is 5.03. The van der Waals surface area contributed by atoms with E-state index in [9.17, 15) is 14.0 Å². The Balaban J connectivity index is 1.67. The monoisotopic (exact) mass is 438 g/mol. The fourth-order valence-corrected chi connectivity index (χ4v) is 3.17. The number of Topliss-reactive ketones (excluding diaryl/α,β-unsaturated/α-hetero) is 1. The van der Waals surface area contributed by atoms with Gasteiger partial charge < -0.3 is 14.2 Å². The largest absolute Gasteiger partial charge is 0.497 e. The highest BCUT2D eigenvalue weighted by Crippen LogP contribution is 2.25. The fraction of sp³-hybridized carbons (Fsp3) is 0.208. The van der Waals surface area contributed by atoms with Gasteiger partial charge in [0.05, 0.1) is 31.2 Å². The Morgan fingerprint density at radius 2 is 1.78 bits per heavy atom. The van der Waals surface area contributed by atoms with Gasteiger partial charge in [0.1, 0.15) is 17.3 Å². The van der Waals surface area contributed by atoms with E-state index in [4.69, 9.17) is 14.2 Å². The Kier molecular flexibility index (Phi) is 7.04. The lowest BCUT2D eigenvalue weighted by atomic mass is 10.1. The van der Waals surface area contributed by atoms with Crippen LogP contribution < -0.4 is 9.47 Å². The maximum atomic E-state index is 13.2. The van der Waals surface area contributed by atoms with Crippen molar-refractivity contribution in [1.29, 1.82) is 0 Å². The molecule has 3 rings (SSSR count). The fourth-order valence-electron chi connectivity index (χ4n) is 3.17. The number of carbonyl (C=O) groups excluding carboxylic acids is 2. The zero-order valence-corrected chi connectivity index (χ0v) is 18.2. The Labute approximate surface area is 185 Å². The third-order valence-corrected chi connectivity index (χ3v) is 4.86. The first kappa shape index (κ1) is 22.7. The van der Waals surface area contributed by atoms with Gasteiger partial charge in [-0.15, -0.1) is 0 Å². The molecule has 2 aromatic carbocycles. The number of carbonyl (C=O) groups is 2. The zero-order chi connectivity index (χ0) is 23.3. The molecule has 0 atom stereocenters. The van der Waals surface area contributed by atoms with E-state index in [1.807, 2.05) is 6.92 Å². The van der Waals surface area contributed by atoms with Crippen molar-refractivity contribution in [2.75, 3.05) is 20.8 Å². The van der Waals surface area contributed by atoms with E-state index in [0.29, 0.717) is 22.9 Å². The normalized spacial score (nSPS) is 10.9. The third-order valence-electron chi connectivity index (χ3n) is 4.86. The van der Waals surface area contributed by atoms with Crippen LogP contribution in [0.4, 0.5) is 4.39 Å². The van der Waals surface area contributed by atoms with Crippen LogP contribution in [-0.4, -0.2) is 42.4 Å². The number of nitrogens with zero attached hydrogens (tertiary/aromatic N) is 2. The number of ether oxygens (including phenoxy) is 3. The molecule has 0 fully saturated rings. The van der Waals surface area contributed by atoms with Crippen molar-refractivity contribution < 1.29 is 28.2 Å². The van der Waals surface area contributed by atoms with E-state index in [0.717, 1.165) is 11.3 Å². The molecular weight excluding hydrogens is 415 g/mol. The summed E-state index contributed by atoms with van der Waals surface area (Å²) in [5, 5.41) is 4.45. The summed E-state index contributed by atoms with van der Waals surface area (Å²) >= 11 is 0. The molecule has 0 bridgehead atoms. The van der Waals surface area contributed by atoms with Crippen molar-refractivity contribution in [3.8, 4) is 17.2 Å². The molecule has 0 unspecified atom stereocenters. The molecule has 0 amide bonds. The number of benzene rings is 2. The summed E-state index contributed by atoms with van der Waals surface area (Å²) in [6, 6.07) is 10.7. The molecular formula is C24H23FN2O5. The van der Waals surface area contributed by atoms with Crippen LogP contribution in [-0.2, 0) is 9.53 Å². The van der Waals surface area contributed by atoms with Gasteiger partial charge in [-0.05, 0) is 56.3 Å². The van der Waals surface area contributed by atoms with Crippen LogP contribution in [0.2, 0.25) is 0 Å². The minimum Gasteiger partial charge on any atom is -0.497 e. The average Bonchev–Trinajstić information content (AvgIpc) is 3.09. The Bertz CT molecular complexity index is 1170. The summed E-state index contributed by atoms with van der Waals surface area (Å²) < 4.78 is 30.3. The topological polar surface area (TPSA) is 79.7 Å². The molecule has 0 aliphatic heterocycles. The van der Waals surface area contributed by atoms with Gasteiger partial charge in [-0.2, -0.15) is 5.10 Å². The Hall–Kier alpha value is -3.94. The van der Waals surface area contributed by atoms with Crippen LogP contribution >= 0.6 is 0 Å². The summed E-state index contributed by atoms with van der Waals surface area (Å²) in [7, 11) is 2.95. The Morgan fingerprint density at radius 1 is 1.06 bits per heavy atom. The number of aromatic nitrogens is 2. The summed E-state index contributed by atoms with van der Waals surface area (Å²) in [6.07, 6.45) is 2.82. The summed E-state index contributed by atoms with van der Waals surface area (Å²) in [6.45, 7) is 3.21. The predicted molar refractivity (Wildman–Crippen MR) is 117 cm³/mol. The maximum absolute atomic E-state index is 13.2. The number of hydrogen-bond acceptors (Lipinski definition) is 6. The molecule has 8 heteroatoms. The lowest BCUT2D eigenvalue weighted by Gasteiger charge is -2.09. The van der Waals surface area contributed by atoms with Crippen molar-refractivity contribution in [2.45, 2.75) is 13.8 Å². The van der Waals surface area contributed by atoms with E-state index >= 15 is 0 Å². The molecule has 0 N–H and O–H groups in total. The molecule has 0 aliphatic rings. The van der Waals surface area contributed by atoms with Crippen molar-refractivity contribution >= 4 is 17.8 Å². The van der Waals surface area contributed by atoms with E-state index in [2.05, 4.69) is 5.10 Å². The van der Waals surface area contributed by atoms with Crippen LogP contribution in [0.15, 0.2) is 48.5 Å². The van der Waals surface area contributed by atoms with E-state index in [1.54, 1.807) is 48.0 Å². The van der Waals surface area contributed by atoms with Gasteiger partial charge in [0.25, 0.3) is 0 Å². The number of methoxy groups -OCH3 is 2. The molecule has 166 valence electrons. The van der Waals surface area contributed by atoms with Crippen LogP contribution in [0, 0.1) is 19.7 Å². The van der Waals surface area contributed by atoms with E-state index in [1.165, 1.54) is 32.4 Å². The smallest absolute Gasteiger partial charge is 0.331 e. The zero-order valence-electron chi connectivity index (χ0n) is 18.2. The average molecular weight is 438 g/mol. The van der Waals surface area contributed by atoms with Gasteiger partial charge in [-0.3, -0.25) is 4.79 Å². The molecule has 3 aromatic rings. The molecule has 0 radical (unpaired) electrons. The lowest BCUT2D eigenvalue weighted by molar-refractivity contribution is -0.136. The van der Waals surface area contributed by atoms with Gasteiger partial charge in [-0.25, -0.2) is 13.9 Å². The lowest BCUT2D eigenvalue weighted by Crippen LogP contribution is -2.13. The number of ketones is 1. The quantitative estimate of drug-likeness (QED) is 0.300. The first-order chi connectivity index (χ1) is 15.3. The molecule has 0 saturated carbocycles. The first-order valence-corrected chi connectivity index (χ1v) is 9.76. The predicted octanol–water partition coefficient (Wildman–Crippen LogP) is 4.08. The van der Waals surface area contributed by atoms with Gasteiger partial charge in [-0.1, -0.05) is 0 Å². The highest BCUT2D eigenvalue weighted by molar-refractivity contribution is 6.01. The second-order valence-corrected chi connectivity index (χ2v) is 6.90. The second kappa shape index (κ2) is 9.91. The highest BCUT2D eigenvalue weighted by Gasteiger charge is 2.16. The standard InChI is InChI=1S/C24H23FN2O5/c1-15-20(16(2)27(26-15)18-7-5-17(25)6-8-18)11-12-24(29)32-14-22(28)21-10-9-19(30-3)13-23(21)31-4/h5-13H,14H2,1-4H3/b12-11+. The second-order valence-electron chi connectivity index (χ2n) is 6.90. The van der Waals surface area contributed by atoms with Gasteiger partial charge in [0.15, 0.2) is 6.61 Å². The maximum Gasteiger partial charge on any atom is 0.331 e. The molecule has 0 aliphatic carbocycles. The van der Waals surface area contributed by atoms with E-state index in [-0.39, 0.29) is 11.4 Å². The molecule has 0 saturated heterocycles. The molecule has 7 nitrogen and oxygen atoms in total. The minimum absolute atomic E-state index is 0.289. The minimum atomic E-state index is -0.667. The Morgan fingerprint density at radius 3 is 2.44 bits per heavy atom. The molecule has 1 aromatic heterocycles. The number of esters is 1. The first-order valence-electron chi connectivity index (χ1n) is 9.76. The van der Waals surface area contributed by atoms with Crippen molar-refractivity contribution in [1.82, 2.24) is 9.78 Å². The summed E-state index contributed by atoms with van der Waals surface area (Å²) in [4.78, 5) is 24.6. The summed E-state index contributed by atoms with van der Waals surface area (Å²) in [5.41, 5.74) is 3.19. The van der Waals surface area contributed by atoms with Crippen molar-refractivity contribution in [3.63, 3.8) is 0 Å². The van der Waals surface area contributed by atoms with Crippen molar-refractivity contribution in [2.24, 2.45) is 0 Å². The number of rotatable bonds is 8. The molecule has 0 spiro atoms. The SMILES string of the molecule is COc1ccc(C(=O)COC(=O)/C=C/c2c(C)nn(-c3ccc(F)cc3)c2C)c(OC)c1. The van der Waals surface area contributed by atoms with Crippen LogP contribution in [0.1, 0.15) is 27.3 Å². The summed E-state index contributed by atoms with van der Waals surface area (Å²) in [5.74, 6) is -0.521. The molecule has 1 heterocycles. The van der Waals surface area contributed by atoms with Crippen molar-refractivity contribution in [3.05, 3.63) is 76.9 Å². The number of halogens is 1. The highest BCUT2D eigenvalue weighted by atomic mass is 19.1. The van der Waals surface area contributed by atoms with Gasteiger partial charge in [0, 0.05) is 23.4 Å². The number of hydrogen-bond donors (Lipinski definition) is 0. The van der Waals surface area contributed by atoms with Gasteiger partial charge >= 0.3 is 5.97 Å². The van der Waals surface area contributed by atoms with Gasteiger partial charge in [0.2, 0.25) is 5.78 Å². The van der Waals surface area contributed by atoms with Crippen LogP contribution in [0.3, 0.4) is 0 Å². The van der Waals surface area contributed by atoms with Crippen LogP contribution in [0.25, 0.3) is 11.8 Å². The number of aryl methyl sites for hydroxylation is 1. The van der Waals surface area contributed by atoms with E-state index < -0.39 is 18.4 Å². The van der Waals surface area contributed by atoms with Crippen LogP contribution in [0.5, 0.6) is 11.5 Å². The molecule has 32 heavy (non-hydrogen) atoms.